The number of rotatable bonds is 4. The van der Waals surface area contributed by atoms with Crippen LogP contribution in [0.4, 0.5) is 5.82 Å². The molecular weight excluding hydrogens is 364 g/mol. The molecule has 2 aliphatic heterocycles. The smallest absolute Gasteiger partial charge is 0.246 e. The number of likely N-dealkylation sites (N-methyl/N-ethyl adjacent to an activating group) is 1. The summed E-state index contributed by atoms with van der Waals surface area (Å²) in [5.41, 5.74) is 4.35. The van der Waals surface area contributed by atoms with Crippen LogP contribution < -0.4 is 5.32 Å². The van der Waals surface area contributed by atoms with Crippen molar-refractivity contribution in [2.75, 3.05) is 32.0 Å². The normalized spacial score (nSPS) is 18.6. The lowest BCUT2D eigenvalue weighted by atomic mass is 10.00. The van der Waals surface area contributed by atoms with Gasteiger partial charge < -0.3 is 10.2 Å². The number of allylic oxidation sites excluding steroid dienone is 4. The van der Waals surface area contributed by atoms with Gasteiger partial charge in [0.05, 0.1) is 6.54 Å². The molecule has 0 saturated heterocycles. The van der Waals surface area contributed by atoms with E-state index in [4.69, 9.17) is 0 Å². The van der Waals surface area contributed by atoms with Crippen molar-refractivity contribution in [1.82, 2.24) is 14.8 Å². The highest BCUT2D eigenvalue weighted by Gasteiger charge is 2.18. The molecule has 6 heteroatoms. The average Bonchev–Trinajstić information content (AvgIpc) is 2.86. The summed E-state index contributed by atoms with van der Waals surface area (Å²) in [6, 6.07) is 1.97. The number of anilines is 1. The Morgan fingerprint density at radius 1 is 1.31 bits per heavy atom. The van der Waals surface area contributed by atoms with E-state index in [1.165, 1.54) is 11.1 Å². The van der Waals surface area contributed by atoms with Crippen molar-refractivity contribution < 1.29 is 9.59 Å². The Morgan fingerprint density at radius 2 is 2.14 bits per heavy atom. The Hall–Kier alpha value is -2.99. The second-order valence-corrected chi connectivity index (χ2v) is 7.47. The van der Waals surface area contributed by atoms with E-state index in [1.54, 1.807) is 18.3 Å². The van der Waals surface area contributed by atoms with Gasteiger partial charge in [-0.1, -0.05) is 24.3 Å². The average molecular weight is 393 g/mol. The first-order valence-corrected chi connectivity index (χ1v) is 9.89. The molecule has 0 fully saturated rings. The number of fused-ring (bicyclic) bond motifs is 1. The van der Waals surface area contributed by atoms with E-state index in [1.807, 2.05) is 42.0 Å². The van der Waals surface area contributed by atoms with Gasteiger partial charge in [-0.3, -0.25) is 14.5 Å². The second kappa shape index (κ2) is 9.47. The summed E-state index contributed by atoms with van der Waals surface area (Å²) >= 11 is 0. The maximum atomic E-state index is 12.6. The number of carbonyl (C=O) groups excluding carboxylic acids is 2. The van der Waals surface area contributed by atoms with Crippen molar-refractivity contribution in [2.24, 2.45) is 0 Å². The highest BCUT2D eigenvalue weighted by atomic mass is 16.2. The van der Waals surface area contributed by atoms with Crippen LogP contribution in [-0.4, -0.2) is 53.3 Å². The second-order valence-electron chi connectivity index (χ2n) is 7.47. The number of hydrogen-bond acceptors (Lipinski definition) is 4. The van der Waals surface area contributed by atoms with E-state index in [9.17, 15) is 9.59 Å². The quantitative estimate of drug-likeness (QED) is 0.631. The van der Waals surface area contributed by atoms with Gasteiger partial charge in [-0.15, -0.1) is 0 Å². The zero-order valence-electron chi connectivity index (χ0n) is 17.3. The molecule has 2 amide bonds. The molecule has 1 N–H and O–H groups in total. The fourth-order valence-corrected chi connectivity index (χ4v) is 3.46. The third-order valence-electron chi connectivity index (χ3n) is 5.08. The molecule has 0 spiro atoms. The van der Waals surface area contributed by atoms with E-state index >= 15 is 0 Å². The zero-order chi connectivity index (χ0) is 20.8. The Kier molecular flexibility index (Phi) is 6.77. The summed E-state index contributed by atoms with van der Waals surface area (Å²) in [7, 11) is 1.90. The van der Waals surface area contributed by atoms with Crippen LogP contribution in [0.3, 0.4) is 0 Å². The lowest BCUT2D eigenvalue weighted by Gasteiger charge is -2.25. The largest absolute Gasteiger partial charge is 0.335 e. The first-order valence-electron chi connectivity index (χ1n) is 9.89. The Balaban J connectivity index is 1.64. The first kappa shape index (κ1) is 20.7. The molecule has 0 aromatic carbocycles. The van der Waals surface area contributed by atoms with Crippen LogP contribution in [-0.2, 0) is 16.1 Å². The van der Waals surface area contributed by atoms with E-state index in [-0.39, 0.29) is 11.8 Å². The number of nitrogens with zero attached hydrogens (tertiary/aromatic N) is 3. The number of hydrogen-bond donors (Lipinski definition) is 1. The summed E-state index contributed by atoms with van der Waals surface area (Å²) in [6.45, 7) is 6.42. The van der Waals surface area contributed by atoms with Gasteiger partial charge in [0, 0.05) is 37.5 Å². The molecule has 1 aromatic heterocycles. The van der Waals surface area contributed by atoms with Crippen molar-refractivity contribution >= 4 is 23.7 Å². The lowest BCUT2D eigenvalue weighted by molar-refractivity contribution is -0.125. The SMILES string of the molecule is CC=CC=C(C)C1=CCN(C(=O)C=Cc2cnc3c(c2)CN(C)CC(=O)N3)CC1. The molecule has 1 aromatic rings. The predicted octanol–water partition coefficient (Wildman–Crippen LogP) is 3.16. The fraction of sp³-hybridized carbons (Fsp3) is 0.348. The van der Waals surface area contributed by atoms with E-state index in [0.29, 0.717) is 25.5 Å². The van der Waals surface area contributed by atoms with Crippen molar-refractivity contribution in [3.8, 4) is 0 Å². The van der Waals surface area contributed by atoms with Crippen LogP contribution in [0.15, 0.2) is 53.8 Å². The van der Waals surface area contributed by atoms with Crippen molar-refractivity contribution in [1.29, 1.82) is 0 Å². The highest BCUT2D eigenvalue weighted by molar-refractivity contribution is 5.93. The van der Waals surface area contributed by atoms with Gasteiger partial charge in [0.2, 0.25) is 11.8 Å². The maximum Gasteiger partial charge on any atom is 0.246 e. The third-order valence-corrected chi connectivity index (χ3v) is 5.08. The minimum absolute atomic E-state index is 0.00393. The third kappa shape index (κ3) is 5.51. The molecule has 0 aliphatic carbocycles. The zero-order valence-corrected chi connectivity index (χ0v) is 17.3. The summed E-state index contributed by atoms with van der Waals surface area (Å²) in [6.07, 6.45) is 14.2. The molecule has 3 heterocycles. The molecule has 2 aliphatic rings. The van der Waals surface area contributed by atoms with Crippen LogP contribution in [0.1, 0.15) is 31.4 Å². The minimum Gasteiger partial charge on any atom is -0.335 e. The van der Waals surface area contributed by atoms with Gasteiger partial charge in [0.25, 0.3) is 0 Å². The van der Waals surface area contributed by atoms with Crippen molar-refractivity contribution in [3.05, 3.63) is 64.9 Å². The van der Waals surface area contributed by atoms with E-state index < -0.39 is 0 Å². The number of amides is 2. The topological polar surface area (TPSA) is 65.5 Å². The molecule has 152 valence electrons. The highest BCUT2D eigenvalue weighted by Crippen LogP contribution is 2.21. The first-order chi connectivity index (χ1) is 14.0. The molecule has 0 atom stereocenters. The minimum atomic E-state index is -0.0643. The van der Waals surface area contributed by atoms with Gasteiger partial charge >= 0.3 is 0 Å². The van der Waals surface area contributed by atoms with Crippen LogP contribution in [0, 0.1) is 0 Å². The summed E-state index contributed by atoms with van der Waals surface area (Å²) in [4.78, 5) is 32.5. The van der Waals surface area contributed by atoms with Gasteiger partial charge in [-0.25, -0.2) is 4.98 Å². The number of nitrogens with one attached hydrogen (secondary N) is 1. The standard InChI is InChI=1S/C23H28N4O2/c1-4-5-6-17(2)19-9-11-27(12-10-19)22(29)8-7-18-13-20-15-26(3)16-21(28)25-23(20)24-14-18/h4-9,13-14H,10-12,15-16H2,1-3H3,(H,24,25,28). The Bertz CT molecular complexity index is 911. The van der Waals surface area contributed by atoms with Gasteiger partial charge in [-0.05, 0) is 56.2 Å². The molecule has 3 rings (SSSR count). The molecule has 0 bridgehead atoms. The number of pyridine rings is 1. The predicted molar refractivity (Wildman–Crippen MR) is 116 cm³/mol. The van der Waals surface area contributed by atoms with Crippen LogP contribution in [0.5, 0.6) is 0 Å². The summed E-state index contributed by atoms with van der Waals surface area (Å²) in [5, 5.41) is 2.82. The van der Waals surface area contributed by atoms with Crippen LogP contribution in [0.2, 0.25) is 0 Å². The van der Waals surface area contributed by atoms with Crippen LogP contribution >= 0.6 is 0 Å². The van der Waals surface area contributed by atoms with Gasteiger partial charge in [0.15, 0.2) is 0 Å². The molecule has 0 radical (unpaired) electrons. The number of aromatic nitrogens is 1. The molecule has 0 saturated carbocycles. The molecule has 0 unspecified atom stereocenters. The Morgan fingerprint density at radius 3 is 2.86 bits per heavy atom. The summed E-state index contributed by atoms with van der Waals surface area (Å²) < 4.78 is 0. The lowest BCUT2D eigenvalue weighted by Crippen LogP contribution is -2.33. The van der Waals surface area contributed by atoms with E-state index in [2.05, 4.69) is 29.4 Å². The summed E-state index contributed by atoms with van der Waals surface area (Å²) in [5.74, 6) is 0.527. The number of carbonyl (C=O) groups is 2. The monoisotopic (exact) mass is 392 g/mol. The van der Waals surface area contributed by atoms with Gasteiger partial charge in [0.1, 0.15) is 5.82 Å². The van der Waals surface area contributed by atoms with Crippen LogP contribution in [0.25, 0.3) is 6.08 Å². The Labute approximate surface area is 172 Å². The fourth-order valence-electron chi connectivity index (χ4n) is 3.46. The molecule has 6 nitrogen and oxygen atoms in total. The molecule has 29 heavy (non-hydrogen) atoms. The van der Waals surface area contributed by atoms with Crippen molar-refractivity contribution in [3.63, 3.8) is 0 Å². The molecular formula is C23H28N4O2. The van der Waals surface area contributed by atoms with Gasteiger partial charge in [-0.2, -0.15) is 0 Å². The van der Waals surface area contributed by atoms with Crippen molar-refractivity contribution in [2.45, 2.75) is 26.8 Å². The van der Waals surface area contributed by atoms with E-state index in [0.717, 1.165) is 24.1 Å². The maximum absolute atomic E-state index is 12.6.